The van der Waals surface area contributed by atoms with Gasteiger partial charge >= 0.3 is 6.03 Å². The van der Waals surface area contributed by atoms with Gasteiger partial charge in [-0.1, -0.05) is 19.1 Å². The van der Waals surface area contributed by atoms with E-state index >= 15 is 0 Å². The molecule has 3 aromatic rings. The van der Waals surface area contributed by atoms with Crippen LogP contribution in [0.15, 0.2) is 66.7 Å². The van der Waals surface area contributed by atoms with Gasteiger partial charge in [0.05, 0.1) is 37.5 Å². The van der Waals surface area contributed by atoms with Crippen LogP contribution in [0.4, 0.5) is 20.6 Å². The molecule has 0 saturated carbocycles. The standard InChI is InChI=1S/C37H49FN4O6/c1-25-21-42(26(2)24-43)36(44)33-20-31(40-37(45)39-30-13-11-29(38)12-14-30)15-18-34(33)48-27(3)8-6-7-19-47-35(25)23-41(4)22-28-9-16-32(46-5)17-10-28/h9-18,20,25-27,35,43H,6-8,19,21-24H2,1-5H3,(H2,39,40,45)/t25-,26-,27+,35+/m0/s1. The number of methoxy groups -OCH3 is 1. The minimum Gasteiger partial charge on any atom is -0.497 e. The van der Waals surface area contributed by atoms with Crippen molar-refractivity contribution in [2.24, 2.45) is 5.92 Å². The molecule has 0 radical (unpaired) electrons. The van der Waals surface area contributed by atoms with Crippen LogP contribution < -0.4 is 20.1 Å². The van der Waals surface area contributed by atoms with E-state index in [-0.39, 0.29) is 36.2 Å². The minimum atomic E-state index is -0.544. The number of nitrogens with one attached hydrogen (secondary N) is 2. The number of nitrogens with zero attached hydrogens (tertiary/aromatic N) is 2. The smallest absolute Gasteiger partial charge is 0.323 e. The zero-order valence-electron chi connectivity index (χ0n) is 28.6. The summed E-state index contributed by atoms with van der Waals surface area (Å²) in [5, 5.41) is 15.7. The molecule has 0 aromatic heterocycles. The Bertz CT molecular complexity index is 1470. The van der Waals surface area contributed by atoms with E-state index in [9.17, 15) is 19.1 Å². The number of halogens is 1. The van der Waals surface area contributed by atoms with E-state index in [0.717, 1.165) is 37.1 Å². The predicted octanol–water partition coefficient (Wildman–Crippen LogP) is 6.41. The molecule has 260 valence electrons. The molecule has 0 aliphatic carbocycles. The van der Waals surface area contributed by atoms with Crippen molar-refractivity contribution in [2.75, 3.05) is 51.1 Å². The molecule has 3 amide bonds. The summed E-state index contributed by atoms with van der Waals surface area (Å²) in [6.07, 6.45) is 2.19. The van der Waals surface area contributed by atoms with Gasteiger partial charge in [0.25, 0.3) is 5.91 Å². The Morgan fingerprint density at radius 2 is 1.75 bits per heavy atom. The van der Waals surface area contributed by atoms with Gasteiger partial charge < -0.3 is 34.9 Å². The average Bonchev–Trinajstić information content (AvgIpc) is 3.07. The highest BCUT2D eigenvalue weighted by molar-refractivity contribution is 6.02. The summed E-state index contributed by atoms with van der Waals surface area (Å²) in [7, 11) is 3.71. The maximum Gasteiger partial charge on any atom is 0.323 e. The monoisotopic (exact) mass is 664 g/mol. The average molecular weight is 665 g/mol. The number of hydrogen-bond acceptors (Lipinski definition) is 7. The number of carbonyl (C=O) groups excluding carboxylic acids is 2. The molecule has 4 atom stereocenters. The summed E-state index contributed by atoms with van der Waals surface area (Å²) in [6, 6.07) is 17.3. The number of amides is 3. The van der Waals surface area contributed by atoms with Crippen LogP contribution in [-0.4, -0.2) is 85.6 Å². The van der Waals surface area contributed by atoms with E-state index in [1.54, 1.807) is 37.1 Å². The zero-order chi connectivity index (χ0) is 34.6. The van der Waals surface area contributed by atoms with E-state index in [2.05, 4.69) is 29.5 Å². The van der Waals surface area contributed by atoms with Gasteiger partial charge in [-0.05, 0) is 100 Å². The number of aliphatic hydroxyl groups is 1. The van der Waals surface area contributed by atoms with E-state index < -0.39 is 17.9 Å². The number of ether oxygens (including phenoxy) is 3. The molecule has 4 rings (SSSR count). The van der Waals surface area contributed by atoms with Crippen LogP contribution in [0.5, 0.6) is 11.5 Å². The van der Waals surface area contributed by atoms with Gasteiger partial charge in [0.2, 0.25) is 0 Å². The molecule has 0 fully saturated rings. The van der Waals surface area contributed by atoms with Crippen molar-refractivity contribution in [3.05, 3.63) is 83.7 Å². The Morgan fingerprint density at radius 3 is 2.44 bits per heavy atom. The number of anilines is 2. The number of fused-ring (bicyclic) bond motifs is 1. The summed E-state index contributed by atoms with van der Waals surface area (Å²) in [6.45, 7) is 7.91. The SMILES string of the molecule is COc1ccc(CN(C)C[C@H]2OCCCC[C@@H](C)Oc3ccc(NC(=O)Nc4ccc(F)cc4)cc3C(=O)N([C@@H](C)CO)C[C@@H]2C)cc1. The van der Waals surface area contributed by atoms with Crippen LogP contribution in [0.2, 0.25) is 0 Å². The van der Waals surface area contributed by atoms with Crippen molar-refractivity contribution >= 4 is 23.3 Å². The molecule has 48 heavy (non-hydrogen) atoms. The lowest BCUT2D eigenvalue weighted by atomic mass is 10.0. The first-order valence-corrected chi connectivity index (χ1v) is 16.6. The highest BCUT2D eigenvalue weighted by atomic mass is 19.1. The number of carbonyl (C=O) groups is 2. The Hall–Kier alpha value is -4.19. The third-order valence-electron chi connectivity index (χ3n) is 8.51. The van der Waals surface area contributed by atoms with Gasteiger partial charge in [0.1, 0.15) is 17.3 Å². The third-order valence-corrected chi connectivity index (χ3v) is 8.51. The molecule has 0 bridgehead atoms. The van der Waals surface area contributed by atoms with Crippen LogP contribution in [0.3, 0.4) is 0 Å². The Labute approximate surface area is 283 Å². The molecule has 3 N–H and O–H groups in total. The second-order valence-electron chi connectivity index (χ2n) is 12.6. The molecule has 1 aliphatic heterocycles. The molecular weight excluding hydrogens is 615 g/mol. The highest BCUT2D eigenvalue weighted by Gasteiger charge is 2.30. The highest BCUT2D eigenvalue weighted by Crippen LogP contribution is 2.29. The van der Waals surface area contributed by atoms with Crippen molar-refractivity contribution in [1.82, 2.24) is 9.80 Å². The second-order valence-corrected chi connectivity index (χ2v) is 12.6. The maximum atomic E-state index is 14.4. The second kappa shape index (κ2) is 17.8. The number of likely N-dealkylation sites (N-methyl/N-ethyl adjacent to an activating group) is 1. The molecule has 0 saturated heterocycles. The summed E-state index contributed by atoms with van der Waals surface area (Å²) in [5.74, 6) is 0.411. The van der Waals surface area contributed by atoms with Crippen LogP contribution in [0.25, 0.3) is 0 Å². The summed E-state index contributed by atoms with van der Waals surface area (Å²) in [5.41, 5.74) is 2.23. The maximum absolute atomic E-state index is 14.4. The van der Waals surface area contributed by atoms with Crippen molar-refractivity contribution in [3.8, 4) is 11.5 Å². The first-order chi connectivity index (χ1) is 23.1. The fourth-order valence-corrected chi connectivity index (χ4v) is 5.70. The van der Waals surface area contributed by atoms with Gasteiger partial charge in [-0.15, -0.1) is 0 Å². The largest absolute Gasteiger partial charge is 0.497 e. The van der Waals surface area contributed by atoms with Gasteiger partial charge in [-0.2, -0.15) is 0 Å². The molecule has 3 aromatic carbocycles. The minimum absolute atomic E-state index is 0.0738. The Balaban J connectivity index is 1.57. The lowest BCUT2D eigenvalue weighted by molar-refractivity contribution is -0.0177. The lowest BCUT2D eigenvalue weighted by Gasteiger charge is -2.36. The van der Waals surface area contributed by atoms with Gasteiger partial charge in [-0.3, -0.25) is 9.69 Å². The van der Waals surface area contributed by atoms with Gasteiger partial charge in [-0.25, -0.2) is 9.18 Å². The molecule has 0 unspecified atom stereocenters. The topological polar surface area (TPSA) is 113 Å². The lowest BCUT2D eigenvalue weighted by Crippen LogP contribution is -2.47. The van der Waals surface area contributed by atoms with E-state index in [4.69, 9.17) is 14.2 Å². The van der Waals surface area contributed by atoms with Crippen molar-refractivity contribution in [2.45, 2.75) is 64.8 Å². The summed E-state index contributed by atoms with van der Waals surface area (Å²) >= 11 is 0. The summed E-state index contributed by atoms with van der Waals surface area (Å²) in [4.78, 5) is 31.0. The first-order valence-electron chi connectivity index (χ1n) is 16.6. The van der Waals surface area contributed by atoms with Crippen LogP contribution in [0, 0.1) is 11.7 Å². The molecule has 11 heteroatoms. The first kappa shape index (κ1) is 36.6. The van der Waals surface area contributed by atoms with Crippen molar-refractivity contribution < 1.29 is 33.3 Å². The molecule has 1 aliphatic rings. The fourth-order valence-electron chi connectivity index (χ4n) is 5.70. The third kappa shape index (κ3) is 10.7. The van der Waals surface area contributed by atoms with Crippen LogP contribution >= 0.6 is 0 Å². The quantitative estimate of drug-likeness (QED) is 0.243. The van der Waals surface area contributed by atoms with E-state index in [1.807, 2.05) is 31.2 Å². The molecule has 10 nitrogen and oxygen atoms in total. The molecule has 0 spiro atoms. The number of benzene rings is 3. The Kier molecular flexibility index (Phi) is 13.6. The molecular formula is C37H49FN4O6. The number of aliphatic hydroxyl groups excluding tert-OH is 1. The number of hydrogen-bond donors (Lipinski definition) is 3. The number of urea groups is 1. The summed E-state index contributed by atoms with van der Waals surface area (Å²) < 4.78 is 31.4. The van der Waals surface area contributed by atoms with Gasteiger partial charge in [0.15, 0.2) is 0 Å². The zero-order valence-corrected chi connectivity index (χ0v) is 28.6. The van der Waals surface area contributed by atoms with Gasteiger partial charge in [0, 0.05) is 43.5 Å². The van der Waals surface area contributed by atoms with Crippen molar-refractivity contribution in [3.63, 3.8) is 0 Å². The normalized spacial score (nSPS) is 19.9. The van der Waals surface area contributed by atoms with Crippen LogP contribution in [0.1, 0.15) is 56.0 Å². The van der Waals surface area contributed by atoms with Crippen molar-refractivity contribution in [1.29, 1.82) is 0 Å². The van der Waals surface area contributed by atoms with E-state index in [1.165, 1.54) is 24.3 Å². The van der Waals surface area contributed by atoms with E-state index in [0.29, 0.717) is 36.8 Å². The fraction of sp³-hybridized carbons (Fsp3) is 0.459. The number of rotatable bonds is 9. The Morgan fingerprint density at radius 1 is 1.06 bits per heavy atom. The van der Waals surface area contributed by atoms with Crippen LogP contribution in [-0.2, 0) is 11.3 Å². The molecule has 1 heterocycles. The predicted molar refractivity (Wildman–Crippen MR) is 185 cm³/mol.